The van der Waals surface area contributed by atoms with Gasteiger partial charge < -0.3 is 5.32 Å². The van der Waals surface area contributed by atoms with Gasteiger partial charge >= 0.3 is 0 Å². The topological polar surface area (TPSA) is 15.3 Å². The summed E-state index contributed by atoms with van der Waals surface area (Å²) in [4.78, 5) is 2.56. The van der Waals surface area contributed by atoms with Crippen molar-refractivity contribution in [2.24, 2.45) is 5.92 Å². The molecule has 0 aromatic heterocycles. The number of nitrogens with zero attached hydrogens (tertiary/aromatic N) is 1. The maximum atomic E-state index is 6.39. The van der Waals surface area contributed by atoms with Gasteiger partial charge in [-0.1, -0.05) is 30.7 Å². The van der Waals surface area contributed by atoms with Crippen molar-refractivity contribution in [2.45, 2.75) is 32.7 Å². The molecule has 2 rings (SSSR count). The molecular formula is C16H25ClN2. The third-order valence-electron chi connectivity index (χ3n) is 4.07. The van der Waals surface area contributed by atoms with E-state index in [0.29, 0.717) is 0 Å². The highest BCUT2D eigenvalue weighted by molar-refractivity contribution is 6.31. The number of nitrogens with one attached hydrogen (secondary N) is 1. The van der Waals surface area contributed by atoms with Gasteiger partial charge in [0.25, 0.3) is 0 Å². The highest BCUT2D eigenvalue weighted by Gasteiger charge is 2.20. The lowest BCUT2D eigenvalue weighted by molar-refractivity contribution is 0.166. The van der Waals surface area contributed by atoms with Gasteiger partial charge in [0.15, 0.2) is 0 Å². The Bertz CT molecular complexity index is 404. The fourth-order valence-corrected chi connectivity index (χ4v) is 3.34. The minimum absolute atomic E-state index is 0.784. The molecule has 1 aromatic carbocycles. The Labute approximate surface area is 122 Å². The summed E-state index contributed by atoms with van der Waals surface area (Å²) in [6.07, 6.45) is 3.71. The van der Waals surface area contributed by atoms with Gasteiger partial charge in [-0.05, 0) is 62.5 Å². The Balaban J connectivity index is 2.04. The molecule has 1 aliphatic heterocycles. The van der Waals surface area contributed by atoms with Gasteiger partial charge in [0.05, 0.1) is 0 Å². The van der Waals surface area contributed by atoms with Crippen LogP contribution in [0.5, 0.6) is 0 Å². The molecule has 1 unspecified atom stereocenters. The molecule has 106 valence electrons. The van der Waals surface area contributed by atoms with E-state index in [2.05, 4.69) is 29.3 Å². The molecule has 1 N–H and O–H groups in total. The smallest absolute Gasteiger partial charge is 0.0453 e. The van der Waals surface area contributed by atoms with Gasteiger partial charge in [-0.2, -0.15) is 0 Å². The molecule has 0 saturated carbocycles. The lowest BCUT2D eigenvalue weighted by Gasteiger charge is -2.33. The second-order valence-corrected chi connectivity index (χ2v) is 5.94. The summed E-state index contributed by atoms with van der Waals surface area (Å²) < 4.78 is 0. The molecule has 3 heteroatoms. The standard InChI is InChI=1S/C16H25ClN2/c1-3-14-7-4-8-16(17)15(14)12-19-9-5-6-13(11-19)10-18-2/h4,7-8,13,18H,3,5-6,9-12H2,1-2H3. The van der Waals surface area contributed by atoms with E-state index >= 15 is 0 Å². The maximum absolute atomic E-state index is 6.39. The molecule has 0 bridgehead atoms. The normalized spacial score (nSPS) is 20.7. The third kappa shape index (κ3) is 3.95. The number of halogens is 1. The molecule has 1 atom stereocenters. The van der Waals surface area contributed by atoms with Gasteiger partial charge in [0, 0.05) is 18.1 Å². The minimum atomic E-state index is 0.784. The summed E-state index contributed by atoms with van der Waals surface area (Å²) in [7, 11) is 2.04. The first-order chi connectivity index (χ1) is 9.24. The number of aryl methyl sites for hydroxylation is 1. The van der Waals surface area contributed by atoms with Gasteiger partial charge in [0.1, 0.15) is 0 Å². The minimum Gasteiger partial charge on any atom is -0.319 e. The second-order valence-electron chi connectivity index (χ2n) is 5.53. The SMILES string of the molecule is CCc1cccc(Cl)c1CN1CCCC(CNC)C1. The molecule has 19 heavy (non-hydrogen) atoms. The summed E-state index contributed by atoms with van der Waals surface area (Å²) in [5, 5.41) is 4.23. The Hall–Kier alpha value is -0.570. The second kappa shape index (κ2) is 7.28. The van der Waals surface area contributed by atoms with Crippen LogP contribution in [0.15, 0.2) is 18.2 Å². The van der Waals surface area contributed by atoms with Gasteiger partial charge in [-0.25, -0.2) is 0 Å². The van der Waals surface area contributed by atoms with Gasteiger partial charge in [-0.15, -0.1) is 0 Å². The number of hydrogen-bond donors (Lipinski definition) is 1. The number of hydrogen-bond acceptors (Lipinski definition) is 2. The van der Waals surface area contributed by atoms with Crippen molar-refractivity contribution in [1.29, 1.82) is 0 Å². The number of benzene rings is 1. The lowest BCUT2D eigenvalue weighted by atomic mass is 9.96. The predicted octanol–water partition coefficient (Wildman–Crippen LogP) is 3.33. The van der Waals surface area contributed by atoms with Crippen LogP contribution < -0.4 is 5.32 Å². The molecule has 1 aromatic rings. The molecule has 1 fully saturated rings. The average Bonchev–Trinajstić information content (AvgIpc) is 2.42. The van der Waals surface area contributed by atoms with Crippen molar-refractivity contribution in [3.63, 3.8) is 0 Å². The van der Waals surface area contributed by atoms with E-state index < -0.39 is 0 Å². The number of rotatable bonds is 5. The lowest BCUT2D eigenvalue weighted by Crippen LogP contribution is -2.38. The summed E-state index contributed by atoms with van der Waals surface area (Å²) in [5.74, 6) is 0.784. The van der Waals surface area contributed by atoms with Crippen molar-refractivity contribution < 1.29 is 0 Å². The van der Waals surface area contributed by atoms with E-state index in [0.717, 1.165) is 30.5 Å². The maximum Gasteiger partial charge on any atom is 0.0453 e. The Morgan fingerprint density at radius 2 is 2.26 bits per heavy atom. The molecule has 0 radical (unpaired) electrons. The van der Waals surface area contributed by atoms with Crippen molar-refractivity contribution in [2.75, 3.05) is 26.7 Å². The highest BCUT2D eigenvalue weighted by Crippen LogP contribution is 2.25. The van der Waals surface area contributed by atoms with E-state index in [4.69, 9.17) is 11.6 Å². The average molecular weight is 281 g/mol. The fourth-order valence-electron chi connectivity index (χ4n) is 3.09. The fraction of sp³-hybridized carbons (Fsp3) is 0.625. The summed E-state index contributed by atoms with van der Waals surface area (Å²) in [6.45, 7) is 6.72. The van der Waals surface area contributed by atoms with Crippen LogP contribution in [0, 0.1) is 5.92 Å². The Morgan fingerprint density at radius 1 is 1.42 bits per heavy atom. The third-order valence-corrected chi connectivity index (χ3v) is 4.43. The Morgan fingerprint density at radius 3 is 3.00 bits per heavy atom. The zero-order valence-corrected chi connectivity index (χ0v) is 12.8. The van der Waals surface area contributed by atoms with Gasteiger partial charge in [0.2, 0.25) is 0 Å². The molecule has 0 amide bonds. The first-order valence-corrected chi connectivity index (χ1v) is 7.75. The zero-order chi connectivity index (χ0) is 13.7. The molecule has 0 aliphatic carbocycles. The Kier molecular flexibility index (Phi) is 5.68. The molecule has 1 aliphatic rings. The molecular weight excluding hydrogens is 256 g/mol. The molecule has 1 saturated heterocycles. The van der Waals surface area contributed by atoms with Crippen molar-refractivity contribution in [1.82, 2.24) is 10.2 Å². The van der Waals surface area contributed by atoms with E-state index in [1.165, 1.54) is 37.1 Å². The summed E-state index contributed by atoms with van der Waals surface area (Å²) in [5.41, 5.74) is 2.72. The molecule has 2 nitrogen and oxygen atoms in total. The summed E-state index contributed by atoms with van der Waals surface area (Å²) in [6, 6.07) is 6.28. The summed E-state index contributed by atoms with van der Waals surface area (Å²) >= 11 is 6.39. The van der Waals surface area contributed by atoms with Crippen LogP contribution in [0.3, 0.4) is 0 Å². The van der Waals surface area contributed by atoms with Crippen molar-refractivity contribution in [3.05, 3.63) is 34.3 Å². The van der Waals surface area contributed by atoms with Crippen LogP contribution >= 0.6 is 11.6 Å². The largest absolute Gasteiger partial charge is 0.319 e. The molecule has 0 spiro atoms. The first-order valence-electron chi connectivity index (χ1n) is 7.37. The van der Waals surface area contributed by atoms with E-state index in [9.17, 15) is 0 Å². The molecule has 1 heterocycles. The van der Waals surface area contributed by atoms with Crippen LogP contribution in [0.25, 0.3) is 0 Å². The quantitative estimate of drug-likeness (QED) is 0.890. The monoisotopic (exact) mass is 280 g/mol. The van der Waals surface area contributed by atoms with Crippen molar-refractivity contribution in [3.8, 4) is 0 Å². The van der Waals surface area contributed by atoms with Crippen LogP contribution in [-0.4, -0.2) is 31.6 Å². The first kappa shape index (κ1) is 14.8. The van der Waals surface area contributed by atoms with Crippen LogP contribution in [0.1, 0.15) is 30.9 Å². The number of piperidine rings is 1. The van der Waals surface area contributed by atoms with Crippen LogP contribution in [0.4, 0.5) is 0 Å². The van der Waals surface area contributed by atoms with Crippen LogP contribution in [0.2, 0.25) is 5.02 Å². The highest BCUT2D eigenvalue weighted by atomic mass is 35.5. The predicted molar refractivity (Wildman–Crippen MR) is 82.8 cm³/mol. The van der Waals surface area contributed by atoms with Crippen molar-refractivity contribution >= 4 is 11.6 Å². The van der Waals surface area contributed by atoms with Gasteiger partial charge in [-0.3, -0.25) is 4.90 Å². The zero-order valence-electron chi connectivity index (χ0n) is 12.1. The number of likely N-dealkylation sites (tertiary alicyclic amines) is 1. The van der Waals surface area contributed by atoms with E-state index in [-0.39, 0.29) is 0 Å². The van der Waals surface area contributed by atoms with E-state index in [1.807, 2.05) is 13.1 Å². The van der Waals surface area contributed by atoms with E-state index in [1.54, 1.807) is 0 Å². The van der Waals surface area contributed by atoms with Crippen LogP contribution in [-0.2, 0) is 13.0 Å².